The number of nitro benzene ring substituents is 1. The first-order chi connectivity index (χ1) is 11.5. The van der Waals surface area contributed by atoms with Gasteiger partial charge in [-0.2, -0.15) is 0 Å². The van der Waals surface area contributed by atoms with Gasteiger partial charge in [0.1, 0.15) is 5.82 Å². The minimum absolute atomic E-state index is 0.00800. The van der Waals surface area contributed by atoms with Crippen molar-refractivity contribution in [1.82, 2.24) is 14.9 Å². The fourth-order valence-electron chi connectivity index (χ4n) is 2.68. The molecule has 2 aromatic rings. The lowest BCUT2D eigenvalue weighted by Crippen LogP contribution is -2.41. The number of nitro groups is 1. The molecule has 3 rings (SSSR count). The van der Waals surface area contributed by atoms with Gasteiger partial charge in [-0.15, -0.1) is 0 Å². The van der Waals surface area contributed by atoms with Gasteiger partial charge in [-0.1, -0.05) is 12.1 Å². The number of ether oxygens (including phenoxy) is 1. The maximum Gasteiger partial charge on any atom is 0.327 e. The number of hydrogen-bond donors (Lipinski definition) is 1. The Morgan fingerprint density at radius 2 is 2.17 bits per heavy atom. The van der Waals surface area contributed by atoms with Gasteiger partial charge < -0.3 is 10.1 Å². The molecule has 1 aromatic carbocycles. The molecular formula is C16H18N4O4. The number of benzene rings is 1. The van der Waals surface area contributed by atoms with Gasteiger partial charge in [0.15, 0.2) is 0 Å². The maximum absolute atomic E-state index is 12.4. The second-order valence-electron chi connectivity index (χ2n) is 5.69. The number of nitrogens with zero attached hydrogens (tertiary/aromatic N) is 3. The van der Waals surface area contributed by atoms with Crippen molar-refractivity contribution in [2.75, 3.05) is 13.2 Å². The molecule has 1 saturated heterocycles. The third-order valence-corrected chi connectivity index (χ3v) is 4.00. The molecule has 1 amide bonds. The summed E-state index contributed by atoms with van der Waals surface area (Å²) in [5.41, 5.74) is 1.12. The van der Waals surface area contributed by atoms with Crippen LogP contribution in [0.1, 0.15) is 18.7 Å². The molecule has 0 unspecified atom stereocenters. The number of aryl methyl sites for hydroxylation is 1. The standard InChI is InChI=1S/C16H18N4O4/c1-11-17-15(12-3-2-4-14(9-12)20(22)23)10-19(11)16(21)18-13-5-7-24-8-6-13/h2-4,9-10,13H,5-8H2,1H3,(H,18,21). The van der Waals surface area contributed by atoms with E-state index in [2.05, 4.69) is 10.3 Å². The Balaban J connectivity index is 1.80. The van der Waals surface area contributed by atoms with Crippen LogP contribution < -0.4 is 5.32 Å². The topological polar surface area (TPSA) is 99.3 Å². The van der Waals surface area contributed by atoms with Crippen LogP contribution >= 0.6 is 0 Å². The van der Waals surface area contributed by atoms with E-state index in [0.717, 1.165) is 12.8 Å². The highest BCUT2D eigenvalue weighted by molar-refractivity contribution is 5.79. The van der Waals surface area contributed by atoms with Gasteiger partial charge in [0, 0.05) is 43.1 Å². The van der Waals surface area contributed by atoms with Crippen LogP contribution in [-0.2, 0) is 4.74 Å². The fraction of sp³-hybridized carbons (Fsp3) is 0.375. The molecule has 126 valence electrons. The molecule has 0 aliphatic carbocycles. The first-order valence-electron chi connectivity index (χ1n) is 7.74. The number of imidazole rings is 1. The summed E-state index contributed by atoms with van der Waals surface area (Å²) in [4.78, 5) is 27.2. The normalized spacial score (nSPS) is 15.2. The van der Waals surface area contributed by atoms with Crippen molar-refractivity contribution in [2.45, 2.75) is 25.8 Å². The van der Waals surface area contributed by atoms with Crippen molar-refractivity contribution < 1.29 is 14.5 Å². The van der Waals surface area contributed by atoms with Gasteiger partial charge in [-0.25, -0.2) is 9.78 Å². The Bertz CT molecular complexity index is 765. The zero-order valence-corrected chi connectivity index (χ0v) is 13.3. The van der Waals surface area contributed by atoms with Gasteiger partial charge in [0.05, 0.1) is 10.6 Å². The number of amides is 1. The number of hydrogen-bond acceptors (Lipinski definition) is 5. The van der Waals surface area contributed by atoms with E-state index in [1.807, 2.05) is 0 Å². The minimum atomic E-state index is -0.453. The summed E-state index contributed by atoms with van der Waals surface area (Å²) >= 11 is 0. The van der Waals surface area contributed by atoms with Crippen molar-refractivity contribution in [3.8, 4) is 11.3 Å². The summed E-state index contributed by atoms with van der Waals surface area (Å²) in [6.45, 7) is 3.02. The first kappa shape index (κ1) is 16.1. The minimum Gasteiger partial charge on any atom is -0.381 e. The maximum atomic E-state index is 12.4. The third-order valence-electron chi connectivity index (χ3n) is 4.00. The molecule has 1 aliphatic heterocycles. The van der Waals surface area contributed by atoms with E-state index in [4.69, 9.17) is 4.74 Å². The molecule has 24 heavy (non-hydrogen) atoms. The summed E-state index contributed by atoms with van der Waals surface area (Å²) in [6, 6.07) is 6.05. The van der Waals surface area contributed by atoms with E-state index in [1.54, 1.807) is 25.3 Å². The quantitative estimate of drug-likeness (QED) is 0.688. The number of aromatic nitrogens is 2. The Morgan fingerprint density at radius 1 is 1.42 bits per heavy atom. The van der Waals surface area contributed by atoms with E-state index < -0.39 is 4.92 Å². The second-order valence-corrected chi connectivity index (χ2v) is 5.69. The van der Waals surface area contributed by atoms with Crippen LogP contribution in [0.15, 0.2) is 30.5 Å². The second kappa shape index (κ2) is 6.79. The molecular weight excluding hydrogens is 312 g/mol. The van der Waals surface area contributed by atoms with Crippen molar-refractivity contribution >= 4 is 11.7 Å². The van der Waals surface area contributed by atoms with E-state index in [1.165, 1.54) is 16.7 Å². The number of carbonyl (C=O) groups excluding carboxylic acids is 1. The molecule has 0 saturated carbocycles. The first-order valence-corrected chi connectivity index (χ1v) is 7.74. The van der Waals surface area contributed by atoms with Crippen LogP contribution in [0.2, 0.25) is 0 Å². The molecule has 8 heteroatoms. The van der Waals surface area contributed by atoms with Crippen molar-refractivity contribution in [3.63, 3.8) is 0 Å². The zero-order valence-electron chi connectivity index (χ0n) is 13.3. The lowest BCUT2D eigenvalue weighted by Gasteiger charge is -2.23. The van der Waals surface area contributed by atoms with E-state index in [0.29, 0.717) is 30.3 Å². The van der Waals surface area contributed by atoms with Gasteiger partial charge in [0.25, 0.3) is 5.69 Å². The average Bonchev–Trinajstić information content (AvgIpc) is 2.98. The van der Waals surface area contributed by atoms with Crippen LogP contribution in [0.3, 0.4) is 0 Å². The van der Waals surface area contributed by atoms with E-state index in [9.17, 15) is 14.9 Å². The van der Waals surface area contributed by atoms with Crippen molar-refractivity contribution in [1.29, 1.82) is 0 Å². The summed E-state index contributed by atoms with van der Waals surface area (Å²) in [5, 5.41) is 13.9. The molecule has 0 spiro atoms. The van der Waals surface area contributed by atoms with Crippen molar-refractivity contribution in [2.24, 2.45) is 0 Å². The predicted molar refractivity (Wildman–Crippen MR) is 86.8 cm³/mol. The molecule has 0 bridgehead atoms. The summed E-state index contributed by atoms with van der Waals surface area (Å²) < 4.78 is 6.71. The molecule has 1 aliphatic rings. The van der Waals surface area contributed by atoms with Gasteiger partial charge in [0.2, 0.25) is 0 Å². The Morgan fingerprint density at radius 3 is 2.88 bits per heavy atom. The smallest absolute Gasteiger partial charge is 0.327 e. The van der Waals surface area contributed by atoms with Crippen LogP contribution in [-0.4, -0.2) is 39.8 Å². The lowest BCUT2D eigenvalue weighted by molar-refractivity contribution is -0.384. The van der Waals surface area contributed by atoms with Gasteiger partial charge >= 0.3 is 6.03 Å². The Hall–Kier alpha value is -2.74. The van der Waals surface area contributed by atoms with Crippen molar-refractivity contribution in [3.05, 3.63) is 46.4 Å². The van der Waals surface area contributed by atoms with E-state index in [-0.39, 0.29) is 17.8 Å². The molecule has 1 aromatic heterocycles. The molecule has 8 nitrogen and oxygen atoms in total. The summed E-state index contributed by atoms with van der Waals surface area (Å²) in [6.07, 6.45) is 3.18. The Labute approximate surface area is 138 Å². The van der Waals surface area contributed by atoms with E-state index >= 15 is 0 Å². The SMILES string of the molecule is Cc1nc(-c2cccc([N+](=O)[O-])c2)cn1C(=O)NC1CCOCC1. The van der Waals surface area contributed by atoms with Crippen LogP contribution in [0.5, 0.6) is 0 Å². The number of nitrogens with one attached hydrogen (secondary N) is 1. The lowest BCUT2D eigenvalue weighted by atomic mass is 10.1. The molecule has 0 radical (unpaired) electrons. The molecule has 2 heterocycles. The number of non-ortho nitro benzene ring substituents is 1. The van der Waals surface area contributed by atoms with Crippen LogP contribution in [0, 0.1) is 17.0 Å². The highest BCUT2D eigenvalue weighted by Crippen LogP contribution is 2.23. The average molecular weight is 330 g/mol. The molecule has 1 fully saturated rings. The van der Waals surface area contributed by atoms with Crippen LogP contribution in [0.25, 0.3) is 11.3 Å². The molecule has 1 N–H and O–H groups in total. The molecule has 0 atom stereocenters. The number of rotatable bonds is 3. The van der Waals surface area contributed by atoms with Gasteiger partial charge in [-0.3, -0.25) is 14.7 Å². The fourth-order valence-corrected chi connectivity index (χ4v) is 2.68. The summed E-state index contributed by atoms with van der Waals surface area (Å²) in [5.74, 6) is 0.529. The highest BCUT2D eigenvalue weighted by atomic mass is 16.6. The monoisotopic (exact) mass is 330 g/mol. The van der Waals surface area contributed by atoms with Gasteiger partial charge in [-0.05, 0) is 19.8 Å². The van der Waals surface area contributed by atoms with Crippen LogP contribution in [0.4, 0.5) is 10.5 Å². The summed E-state index contributed by atoms with van der Waals surface area (Å²) in [7, 11) is 0. The zero-order chi connectivity index (χ0) is 17.1. The highest BCUT2D eigenvalue weighted by Gasteiger charge is 2.19. The predicted octanol–water partition coefficient (Wildman–Crippen LogP) is 2.50. The third kappa shape index (κ3) is 3.43. The Kier molecular flexibility index (Phi) is 4.57. The number of carbonyl (C=O) groups is 1. The largest absolute Gasteiger partial charge is 0.381 e.